The zero-order valence-electron chi connectivity index (χ0n) is 19.7. The van der Waals surface area contributed by atoms with Crippen molar-refractivity contribution in [3.05, 3.63) is 113 Å². The molecule has 0 atom stereocenters. The van der Waals surface area contributed by atoms with E-state index in [1.807, 2.05) is 41.0 Å². The van der Waals surface area contributed by atoms with Gasteiger partial charge >= 0.3 is 5.97 Å². The summed E-state index contributed by atoms with van der Waals surface area (Å²) in [5.41, 5.74) is 6.21. The molecule has 0 bridgehead atoms. The lowest BCUT2D eigenvalue weighted by molar-refractivity contribution is 0.0697. The maximum Gasteiger partial charge on any atom is 0.335 e. The highest BCUT2D eigenvalue weighted by Gasteiger charge is 2.21. The van der Waals surface area contributed by atoms with Gasteiger partial charge in [-0.1, -0.05) is 66.7 Å². The molecule has 1 aromatic heterocycles. The van der Waals surface area contributed by atoms with Gasteiger partial charge in [0.15, 0.2) is 0 Å². The number of carbonyl (C=O) groups is 1. The van der Waals surface area contributed by atoms with E-state index >= 15 is 0 Å². The first kappa shape index (κ1) is 22.4. The number of carboxylic acids is 1. The van der Waals surface area contributed by atoms with Crippen LogP contribution in [-0.2, 0) is 6.42 Å². The minimum Gasteiger partial charge on any atom is -0.505 e. The number of rotatable bonds is 5. The van der Waals surface area contributed by atoms with E-state index in [0.717, 1.165) is 22.2 Å². The van der Waals surface area contributed by atoms with Crippen LogP contribution < -0.4 is 0 Å². The summed E-state index contributed by atoms with van der Waals surface area (Å²) in [6.07, 6.45) is 4.35. The van der Waals surface area contributed by atoms with Crippen LogP contribution in [0.4, 0.5) is 5.69 Å². The van der Waals surface area contributed by atoms with Gasteiger partial charge in [0.2, 0.25) is 5.88 Å². The zero-order chi connectivity index (χ0) is 25.5. The van der Waals surface area contributed by atoms with Crippen molar-refractivity contribution >= 4 is 40.5 Å². The molecule has 6 rings (SSSR count). The molecule has 0 radical (unpaired) electrons. The Morgan fingerprint density at radius 3 is 2.51 bits per heavy atom. The van der Waals surface area contributed by atoms with Crippen molar-refractivity contribution in [2.24, 2.45) is 4.99 Å². The van der Waals surface area contributed by atoms with Gasteiger partial charge in [-0.15, -0.1) is 0 Å². The number of aromatic carboxylic acids is 1. The van der Waals surface area contributed by atoms with E-state index in [0.29, 0.717) is 28.8 Å². The Labute approximate surface area is 212 Å². The molecule has 0 saturated heterocycles. The summed E-state index contributed by atoms with van der Waals surface area (Å²) in [5, 5.41) is 32.5. The molecular formula is C31H22N2O4. The second kappa shape index (κ2) is 8.84. The van der Waals surface area contributed by atoms with Crippen molar-refractivity contribution in [1.29, 1.82) is 0 Å². The van der Waals surface area contributed by atoms with Crippen LogP contribution in [0.3, 0.4) is 0 Å². The van der Waals surface area contributed by atoms with Crippen molar-refractivity contribution in [3.63, 3.8) is 0 Å². The Morgan fingerprint density at radius 1 is 0.892 bits per heavy atom. The second-order valence-corrected chi connectivity index (χ2v) is 8.92. The molecule has 0 saturated carbocycles. The van der Waals surface area contributed by atoms with Crippen molar-refractivity contribution in [2.45, 2.75) is 6.42 Å². The number of phenols is 1. The monoisotopic (exact) mass is 486 g/mol. The SMILES string of the molecule is O=C(O)c1cccc(-c2cccc(N=Cc3c(O)n(C4=Cc5ccccc5C4)c4ccccc34)c2O)c1. The molecule has 37 heavy (non-hydrogen) atoms. The second-order valence-electron chi connectivity index (χ2n) is 8.92. The van der Waals surface area contributed by atoms with Gasteiger partial charge in [0.25, 0.3) is 0 Å². The highest BCUT2D eigenvalue weighted by atomic mass is 16.4. The molecular weight excluding hydrogens is 464 g/mol. The van der Waals surface area contributed by atoms with Crippen LogP contribution in [0, 0.1) is 0 Å². The number of para-hydroxylation sites is 2. The standard InChI is InChI=1S/C31H22N2O4/c34-29-24(21-9-5-10-22(15-21)31(36)37)12-6-13-27(29)32-18-26-25-11-3-4-14-28(25)33(30(26)35)23-16-19-7-1-2-8-20(19)17-23/h1-16,18,34-35H,17H2,(H,36,37). The number of aromatic nitrogens is 1. The highest BCUT2D eigenvalue weighted by Crippen LogP contribution is 2.40. The van der Waals surface area contributed by atoms with Gasteiger partial charge in [-0.25, -0.2) is 4.79 Å². The topological polar surface area (TPSA) is 95.0 Å². The van der Waals surface area contributed by atoms with Crippen molar-refractivity contribution in [2.75, 3.05) is 0 Å². The number of hydrogen-bond acceptors (Lipinski definition) is 4. The molecule has 4 aromatic carbocycles. The Kier molecular flexibility index (Phi) is 5.34. The maximum absolute atomic E-state index is 11.4. The van der Waals surface area contributed by atoms with E-state index in [4.69, 9.17) is 0 Å². The van der Waals surface area contributed by atoms with E-state index in [2.05, 4.69) is 23.2 Å². The van der Waals surface area contributed by atoms with Crippen molar-refractivity contribution in [1.82, 2.24) is 4.57 Å². The van der Waals surface area contributed by atoms with Gasteiger partial charge in [0.05, 0.1) is 16.6 Å². The molecule has 3 N–H and O–H groups in total. The Balaban J connectivity index is 1.41. The Bertz CT molecular complexity index is 1760. The van der Waals surface area contributed by atoms with E-state index in [-0.39, 0.29) is 17.2 Å². The molecule has 6 nitrogen and oxygen atoms in total. The fourth-order valence-electron chi connectivity index (χ4n) is 4.90. The summed E-state index contributed by atoms with van der Waals surface area (Å²) < 4.78 is 1.85. The molecule has 1 aliphatic rings. The zero-order valence-corrected chi connectivity index (χ0v) is 19.7. The number of aliphatic imine (C=N–C) groups is 1. The van der Waals surface area contributed by atoms with Crippen LogP contribution in [0.1, 0.15) is 27.0 Å². The molecule has 6 heteroatoms. The molecule has 1 aliphatic carbocycles. The smallest absolute Gasteiger partial charge is 0.335 e. The summed E-state index contributed by atoms with van der Waals surface area (Å²) in [4.78, 5) is 15.9. The minimum atomic E-state index is -1.04. The van der Waals surface area contributed by atoms with E-state index in [1.54, 1.807) is 36.5 Å². The maximum atomic E-state index is 11.4. The third-order valence-electron chi connectivity index (χ3n) is 6.69. The van der Waals surface area contributed by atoms with E-state index < -0.39 is 5.97 Å². The molecule has 180 valence electrons. The molecule has 0 amide bonds. The molecule has 0 spiro atoms. The van der Waals surface area contributed by atoms with Crippen molar-refractivity contribution in [3.8, 4) is 22.8 Å². The number of nitrogens with zero attached hydrogens (tertiary/aromatic N) is 2. The predicted molar refractivity (Wildman–Crippen MR) is 146 cm³/mol. The fourth-order valence-corrected chi connectivity index (χ4v) is 4.90. The number of aromatic hydroxyl groups is 2. The number of hydrogen-bond donors (Lipinski definition) is 3. The lowest BCUT2D eigenvalue weighted by atomic mass is 10.0. The summed E-state index contributed by atoms with van der Waals surface area (Å²) >= 11 is 0. The van der Waals surface area contributed by atoms with Crippen LogP contribution >= 0.6 is 0 Å². The molecule has 1 heterocycles. The van der Waals surface area contributed by atoms with Gasteiger partial charge in [0, 0.05) is 29.3 Å². The molecule has 5 aromatic rings. The van der Waals surface area contributed by atoms with E-state index in [1.165, 1.54) is 17.7 Å². The van der Waals surface area contributed by atoms with Crippen molar-refractivity contribution < 1.29 is 20.1 Å². The third kappa shape index (κ3) is 3.85. The third-order valence-corrected chi connectivity index (χ3v) is 6.69. The van der Waals surface area contributed by atoms with Crippen LogP contribution in [0.15, 0.2) is 96.0 Å². The first-order valence-corrected chi connectivity index (χ1v) is 11.8. The van der Waals surface area contributed by atoms with Gasteiger partial charge < -0.3 is 15.3 Å². The molecule has 0 unspecified atom stereocenters. The van der Waals surface area contributed by atoms with E-state index in [9.17, 15) is 20.1 Å². The number of phenolic OH excluding ortho intramolecular Hbond substituents is 1. The molecule has 0 fully saturated rings. The summed E-state index contributed by atoms with van der Waals surface area (Å²) in [6, 6.07) is 27.4. The Hall–Kier alpha value is -5.10. The van der Waals surface area contributed by atoms with Crippen LogP contribution in [-0.4, -0.2) is 32.1 Å². The largest absolute Gasteiger partial charge is 0.505 e. The van der Waals surface area contributed by atoms with Gasteiger partial charge in [-0.2, -0.15) is 0 Å². The number of allylic oxidation sites excluding steroid dienone is 1. The van der Waals surface area contributed by atoms with Gasteiger partial charge in [-0.05, 0) is 47.0 Å². The first-order chi connectivity index (χ1) is 18.0. The molecule has 0 aliphatic heterocycles. The van der Waals surface area contributed by atoms with Crippen LogP contribution in [0.25, 0.3) is 33.8 Å². The normalized spacial score (nSPS) is 12.7. The summed E-state index contributed by atoms with van der Waals surface area (Å²) in [5.74, 6) is -1.03. The van der Waals surface area contributed by atoms with Crippen LogP contribution in [0.5, 0.6) is 11.6 Å². The van der Waals surface area contributed by atoms with Gasteiger partial charge in [-0.3, -0.25) is 9.56 Å². The highest BCUT2D eigenvalue weighted by molar-refractivity contribution is 6.05. The number of benzene rings is 4. The number of carboxylic acid groups (broad SMARTS) is 1. The number of fused-ring (bicyclic) bond motifs is 2. The quantitative estimate of drug-likeness (QED) is 0.240. The first-order valence-electron chi connectivity index (χ1n) is 11.8. The lowest BCUT2D eigenvalue weighted by Gasteiger charge is -2.08. The average molecular weight is 487 g/mol. The average Bonchev–Trinajstić information content (AvgIpc) is 3.46. The van der Waals surface area contributed by atoms with Gasteiger partial charge in [0.1, 0.15) is 11.4 Å². The van der Waals surface area contributed by atoms with Crippen LogP contribution in [0.2, 0.25) is 0 Å². The Morgan fingerprint density at radius 2 is 1.68 bits per heavy atom. The summed E-state index contributed by atoms with van der Waals surface area (Å²) in [7, 11) is 0. The summed E-state index contributed by atoms with van der Waals surface area (Å²) in [6.45, 7) is 0. The minimum absolute atomic E-state index is 0.0709. The lowest BCUT2D eigenvalue weighted by Crippen LogP contribution is -1.96. The predicted octanol–water partition coefficient (Wildman–Crippen LogP) is 6.72. The fraction of sp³-hybridized carbons (Fsp3) is 0.0323.